The standard InChI is InChI=1S/C15H14ClN5/c1-10-14-15(20(2)19-10)21(13(18-14)6-7-16)12-5-3-4-11(8-12)9-17/h3-5,8H,6-7H2,1-2H3. The summed E-state index contributed by atoms with van der Waals surface area (Å²) in [6.07, 6.45) is 0.659. The Morgan fingerprint density at radius 3 is 2.90 bits per heavy atom. The van der Waals surface area contributed by atoms with Crippen LogP contribution in [0.2, 0.25) is 0 Å². The minimum atomic E-state index is 0.494. The van der Waals surface area contributed by atoms with Crippen LogP contribution in [0.5, 0.6) is 0 Å². The number of aryl methyl sites for hydroxylation is 3. The Balaban J connectivity index is 2.33. The first-order valence-electron chi connectivity index (χ1n) is 6.63. The zero-order valence-electron chi connectivity index (χ0n) is 11.8. The van der Waals surface area contributed by atoms with Crippen molar-refractivity contribution >= 4 is 22.8 Å². The number of fused-ring (bicyclic) bond motifs is 1. The lowest BCUT2D eigenvalue weighted by Crippen LogP contribution is -2.06. The monoisotopic (exact) mass is 299 g/mol. The van der Waals surface area contributed by atoms with Gasteiger partial charge in [-0.3, -0.25) is 4.57 Å². The highest BCUT2D eigenvalue weighted by atomic mass is 35.5. The number of halogens is 1. The molecule has 6 heteroatoms. The summed E-state index contributed by atoms with van der Waals surface area (Å²) in [6, 6.07) is 9.63. The van der Waals surface area contributed by atoms with Crippen molar-refractivity contribution in [3.05, 3.63) is 41.3 Å². The molecule has 0 aliphatic carbocycles. The molecule has 0 aliphatic heterocycles. The van der Waals surface area contributed by atoms with Crippen LogP contribution < -0.4 is 0 Å². The minimum Gasteiger partial charge on any atom is -0.281 e. The van der Waals surface area contributed by atoms with Crippen LogP contribution in [0, 0.1) is 18.3 Å². The Hall–Kier alpha value is -2.32. The number of hydrogen-bond donors (Lipinski definition) is 0. The van der Waals surface area contributed by atoms with Gasteiger partial charge in [-0.1, -0.05) is 6.07 Å². The predicted octanol–water partition coefficient (Wildman–Crippen LogP) is 2.72. The molecule has 3 aromatic rings. The molecule has 0 fully saturated rings. The van der Waals surface area contributed by atoms with Gasteiger partial charge < -0.3 is 0 Å². The highest BCUT2D eigenvalue weighted by molar-refractivity contribution is 6.17. The second-order valence-corrected chi connectivity index (χ2v) is 5.22. The maximum Gasteiger partial charge on any atom is 0.163 e. The van der Waals surface area contributed by atoms with Crippen LogP contribution in [0.3, 0.4) is 0 Å². The molecule has 0 radical (unpaired) electrons. The topological polar surface area (TPSA) is 59.4 Å². The number of imidazole rings is 1. The van der Waals surface area contributed by atoms with Crippen molar-refractivity contribution in [1.82, 2.24) is 19.3 Å². The third-order valence-corrected chi connectivity index (χ3v) is 3.61. The van der Waals surface area contributed by atoms with Gasteiger partial charge in [0, 0.05) is 19.3 Å². The largest absolute Gasteiger partial charge is 0.281 e. The van der Waals surface area contributed by atoms with Crippen LogP contribution >= 0.6 is 11.6 Å². The summed E-state index contributed by atoms with van der Waals surface area (Å²) < 4.78 is 3.84. The van der Waals surface area contributed by atoms with Crippen LogP contribution in [-0.4, -0.2) is 25.2 Å². The van der Waals surface area contributed by atoms with Crippen molar-refractivity contribution in [3.8, 4) is 11.8 Å². The molecule has 0 N–H and O–H groups in total. The normalized spacial score (nSPS) is 11.0. The summed E-state index contributed by atoms with van der Waals surface area (Å²) in [5, 5.41) is 13.5. The van der Waals surface area contributed by atoms with Crippen molar-refractivity contribution in [2.75, 3.05) is 5.88 Å². The van der Waals surface area contributed by atoms with Gasteiger partial charge in [0.1, 0.15) is 11.3 Å². The number of hydrogen-bond acceptors (Lipinski definition) is 3. The number of alkyl halides is 1. The van der Waals surface area contributed by atoms with E-state index in [1.807, 2.05) is 41.4 Å². The van der Waals surface area contributed by atoms with Gasteiger partial charge in [-0.25, -0.2) is 9.67 Å². The molecule has 0 aliphatic rings. The highest BCUT2D eigenvalue weighted by Gasteiger charge is 2.18. The molecule has 21 heavy (non-hydrogen) atoms. The van der Waals surface area contributed by atoms with E-state index in [-0.39, 0.29) is 0 Å². The van der Waals surface area contributed by atoms with E-state index in [1.54, 1.807) is 6.07 Å². The summed E-state index contributed by atoms with van der Waals surface area (Å²) in [7, 11) is 1.89. The Morgan fingerprint density at radius 2 is 2.19 bits per heavy atom. The quantitative estimate of drug-likeness (QED) is 0.699. The third-order valence-electron chi connectivity index (χ3n) is 3.42. The van der Waals surface area contributed by atoms with Gasteiger partial charge >= 0.3 is 0 Å². The van der Waals surface area contributed by atoms with Crippen molar-refractivity contribution in [2.45, 2.75) is 13.3 Å². The minimum absolute atomic E-state index is 0.494. The molecule has 3 rings (SSSR count). The van der Waals surface area contributed by atoms with E-state index in [0.29, 0.717) is 17.9 Å². The fourth-order valence-electron chi connectivity index (χ4n) is 2.56. The first kappa shape index (κ1) is 13.7. The van der Waals surface area contributed by atoms with Gasteiger partial charge in [0.05, 0.1) is 23.0 Å². The Morgan fingerprint density at radius 1 is 1.38 bits per heavy atom. The molecule has 106 valence electrons. The highest BCUT2D eigenvalue weighted by Crippen LogP contribution is 2.24. The fraction of sp³-hybridized carbons (Fsp3) is 0.267. The number of aromatic nitrogens is 4. The number of nitriles is 1. The maximum atomic E-state index is 9.09. The second-order valence-electron chi connectivity index (χ2n) is 4.85. The van der Waals surface area contributed by atoms with E-state index in [4.69, 9.17) is 16.9 Å². The van der Waals surface area contributed by atoms with Gasteiger partial charge in [-0.2, -0.15) is 10.4 Å². The van der Waals surface area contributed by atoms with Crippen molar-refractivity contribution in [3.63, 3.8) is 0 Å². The van der Waals surface area contributed by atoms with E-state index in [9.17, 15) is 0 Å². The van der Waals surface area contributed by atoms with E-state index >= 15 is 0 Å². The maximum absolute atomic E-state index is 9.09. The number of rotatable bonds is 3. The number of benzene rings is 1. The first-order chi connectivity index (χ1) is 10.2. The third kappa shape index (κ3) is 2.18. The molecule has 5 nitrogen and oxygen atoms in total. The van der Waals surface area contributed by atoms with E-state index < -0.39 is 0 Å². The molecular weight excluding hydrogens is 286 g/mol. The zero-order valence-corrected chi connectivity index (χ0v) is 12.6. The summed E-state index contributed by atoms with van der Waals surface area (Å²) in [6.45, 7) is 1.94. The zero-order chi connectivity index (χ0) is 15.0. The Kier molecular flexibility index (Phi) is 3.40. The summed E-state index contributed by atoms with van der Waals surface area (Å²) in [4.78, 5) is 4.67. The molecule has 0 saturated carbocycles. The van der Waals surface area contributed by atoms with Gasteiger partial charge in [0.15, 0.2) is 5.65 Å². The van der Waals surface area contributed by atoms with Crippen LogP contribution in [-0.2, 0) is 13.5 Å². The van der Waals surface area contributed by atoms with Gasteiger partial charge in [0.25, 0.3) is 0 Å². The average Bonchev–Trinajstić information content (AvgIpc) is 2.98. The van der Waals surface area contributed by atoms with Crippen LogP contribution in [0.4, 0.5) is 0 Å². The van der Waals surface area contributed by atoms with Crippen molar-refractivity contribution in [2.24, 2.45) is 7.05 Å². The number of nitrogens with zero attached hydrogens (tertiary/aromatic N) is 5. The molecule has 0 saturated heterocycles. The summed E-state index contributed by atoms with van der Waals surface area (Å²) in [5.74, 6) is 1.37. The molecular formula is C15H14ClN5. The van der Waals surface area contributed by atoms with Gasteiger partial charge in [0.2, 0.25) is 0 Å². The molecule has 0 unspecified atom stereocenters. The first-order valence-corrected chi connectivity index (χ1v) is 7.16. The molecule has 2 aromatic heterocycles. The summed E-state index contributed by atoms with van der Waals surface area (Å²) >= 11 is 5.90. The summed E-state index contributed by atoms with van der Waals surface area (Å²) in [5.41, 5.74) is 4.20. The van der Waals surface area contributed by atoms with Crippen LogP contribution in [0.1, 0.15) is 17.1 Å². The smallest absolute Gasteiger partial charge is 0.163 e. The SMILES string of the molecule is Cc1nn(C)c2c1nc(CCCl)n2-c1cccc(C#N)c1. The van der Waals surface area contributed by atoms with E-state index in [0.717, 1.165) is 28.4 Å². The molecule has 2 heterocycles. The fourth-order valence-corrected chi connectivity index (χ4v) is 2.72. The average molecular weight is 300 g/mol. The Bertz CT molecular complexity index is 853. The van der Waals surface area contributed by atoms with E-state index in [1.165, 1.54) is 0 Å². The molecule has 0 spiro atoms. The van der Waals surface area contributed by atoms with E-state index in [2.05, 4.69) is 16.2 Å². The van der Waals surface area contributed by atoms with Crippen molar-refractivity contribution in [1.29, 1.82) is 5.26 Å². The van der Waals surface area contributed by atoms with Crippen LogP contribution in [0.25, 0.3) is 16.9 Å². The molecule has 1 aromatic carbocycles. The van der Waals surface area contributed by atoms with Crippen LogP contribution in [0.15, 0.2) is 24.3 Å². The molecule has 0 bridgehead atoms. The van der Waals surface area contributed by atoms with Gasteiger partial charge in [-0.05, 0) is 25.1 Å². The molecule has 0 atom stereocenters. The lowest BCUT2D eigenvalue weighted by molar-refractivity contribution is 0.751. The second kappa shape index (κ2) is 5.23. The molecule has 0 amide bonds. The Labute approximate surface area is 127 Å². The predicted molar refractivity (Wildman–Crippen MR) is 81.7 cm³/mol. The lowest BCUT2D eigenvalue weighted by Gasteiger charge is -2.09. The lowest BCUT2D eigenvalue weighted by atomic mass is 10.2. The van der Waals surface area contributed by atoms with Crippen molar-refractivity contribution < 1.29 is 0 Å². The van der Waals surface area contributed by atoms with Gasteiger partial charge in [-0.15, -0.1) is 11.6 Å².